The maximum atomic E-state index is 6.32. The van der Waals surface area contributed by atoms with E-state index < -0.39 is 0 Å². The third-order valence-electron chi connectivity index (χ3n) is 4.20. The fourth-order valence-corrected chi connectivity index (χ4v) is 3.83. The molecule has 1 aliphatic rings. The van der Waals surface area contributed by atoms with E-state index >= 15 is 0 Å². The largest absolute Gasteiger partial charge is 0.497 e. The summed E-state index contributed by atoms with van der Waals surface area (Å²) in [6, 6.07) is 7.99. The summed E-state index contributed by atoms with van der Waals surface area (Å²) >= 11 is 1.62. The van der Waals surface area contributed by atoms with Gasteiger partial charge in [-0.3, -0.25) is 0 Å². The number of nitrogens with two attached hydrogens (primary N) is 1. The van der Waals surface area contributed by atoms with Gasteiger partial charge in [0.2, 0.25) is 0 Å². The summed E-state index contributed by atoms with van der Waals surface area (Å²) in [6.07, 6.45) is 15.2. The minimum atomic E-state index is 0.741. The molecule has 4 nitrogen and oxygen atoms in total. The zero-order chi connectivity index (χ0) is 18.4. The molecule has 0 aliphatic heterocycles. The summed E-state index contributed by atoms with van der Waals surface area (Å²) in [7, 11) is 1.67. The van der Waals surface area contributed by atoms with Crippen LogP contribution in [0.15, 0.2) is 46.5 Å². The topological polar surface area (TPSA) is 53.1 Å². The van der Waals surface area contributed by atoms with Crippen LogP contribution in [-0.4, -0.2) is 16.7 Å². The second-order valence-corrected chi connectivity index (χ2v) is 7.07. The van der Waals surface area contributed by atoms with Gasteiger partial charge >= 0.3 is 0 Å². The second kappa shape index (κ2) is 8.68. The van der Waals surface area contributed by atoms with Crippen LogP contribution in [0.1, 0.15) is 25.7 Å². The Morgan fingerprint density at radius 2 is 2.31 bits per heavy atom. The maximum Gasteiger partial charge on any atom is 0.173 e. The van der Waals surface area contributed by atoms with Crippen molar-refractivity contribution in [1.29, 1.82) is 0 Å². The fourth-order valence-electron chi connectivity index (χ4n) is 2.87. The van der Waals surface area contributed by atoms with Crippen LogP contribution >= 0.6 is 11.8 Å². The first-order valence-electron chi connectivity index (χ1n) is 8.70. The quantitative estimate of drug-likeness (QED) is 0.632. The van der Waals surface area contributed by atoms with Gasteiger partial charge in [-0.25, -0.2) is 4.98 Å². The number of fused-ring (bicyclic) bond motifs is 1. The molecule has 0 atom stereocenters. The molecule has 0 spiro atoms. The van der Waals surface area contributed by atoms with Crippen molar-refractivity contribution >= 4 is 23.5 Å². The molecule has 2 N–H and O–H groups in total. The Morgan fingerprint density at radius 3 is 3.12 bits per heavy atom. The molecule has 0 saturated heterocycles. The number of ether oxygens (including phenoxy) is 1. The van der Waals surface area contributed by atoms with Crippen molar-refractivity contribution in [1.82, 2.24) is 9.55 Å². The molecule has 0 unspecified atom stereocenters. The van der Waals surface area contributed by atoms with Crippen molar-refractivity contribution < 1.29 is 4.74 Å². The van der Waals surface area contributed by atoms with Crippen molar-refractivity contribution in [2.24, 2.45) is 5.73 Å². The third-order valence-corrected chi connectivity index (χ3v) is 5.18. The monoisotopic (exact) mass is 365 g/mol. The first kappa shape index (κ1) is 18.2. The average Bonchev–Trinajstić information content (AvgIpc) is 2.97. The molecule has 0 radical (unpaired) electrons. The van der Waals surface area contributed by atoms with Crippen LogP contribution in [0, 0.1) is 12.3 Å². The lowest BCUT2D eigenvalue weighted by molar-refractivity contribution is 0.413. The van der Waals surface area contributed by atoms with Crippen LogP contribution in [-0.2, 0) is 6.54 Å². The minimum Gasteiger partial charge on any atom is -0.497 e. The van der Waals surface area contributed by atoms with Crippen LogP contribution in [0.2, 0.25) is 0 Å². The number of rotatable bonds is 6. The molecular weight excluding hydrogens is 342 g/mol. The Labute approximate surface area is 158 Å². The fraction of sp³-hybridized carbons (Fsp3) is 0.286. The zero-order valence-electron chi connectivity index (χ0n) is 14.9. The number of imidazole rings is 1. The van der Waals surface area contributed by atoms with Gasteiger partial charge in [-0.15, -0.1) is 12.3 Å². The maximum absolute atomic E-state index is 6.32. The van der Waals surface area contributed by atoms with E-state index in [0.717, 1.165) is 64.4 Å². The second-order valence-electron chi connectivity index (χ2n) is 6.03. The molecule has 26 heavy (non-hydrogen) atoms. The van der Waals surface area contributed by atoms with Gasteiger partial charge in [0.25, 0.3) is 0 Å². The number of hydrogen-bond acceptors (Lipinski definition) is 4. The first-order chi connectivity index (χ1) is 12.7. The van der Waals surface area contributed by atoms with Gasteiger partial charge < -0.3 is 15.0 Å². The van der Waals surface area contributed by atoms with E-state index in [9.17, 15) is 0 Å². The summed E-state index contributed by atoms with van der Waals surface area (Å²) in [5.41, 5.74) is 7.15. The first-order valence-corrected chi connectivity index (χ1v) is 9.52. The molecule has 1 heterocycles. The number of benzene rings is 1. The van der Waals surface area contributed by atoms with Gasteiger partial charge in [0.1, 0.15) is 11.1 Å². The molecule has 1 aromatic carbocycles. The number of methoxy groups -OCH3 is 1. The van der Waals surface area contributed by atoms with Gasteiger partial charge in [0, 0.05) is 23.6 Å². The Morgan fingerprint density at radius 1 is 1.42 bits per heavy atom. The molecule has 0 amide bonds. The van der Waals surface area contributed by atoms with Gasteiger partial charge in [-0.2, -0.15) is 0 Å². The Bertz CT molecular complexity index is 966. The predicted octanol–water partition coefficient (Wildman–Crippen LogP) is 2.65. The van der Waals surface area contributed by atoms with E-state index in [1.807, 2.05) is 18.2 Å². The van der Waals surface area contributed by atoms with E-state index in [1.165, 1.54) is 0 Å². The van der Waals surface area contributed by atoms with Crippen LogP contribution < -0.4 is 21.2 Å². The lowest BCUT2D eigenvalue weighted by Crippen LogP contribution is -2.34. The number of nitrogens with zero attached hydrogens (tertiary/aromatic N) is 2. The van der Waals surface area contributed by atoms with E-state index in [4.69, 9.17) is 21.9 Å². The highest BCUT2D eigenvalue weighted by Gasteiger charge is 2.12. The number of aromatic nitrogens is 2. The summed E-state index contributed by atoms with van der Waals surface area (Å²) < 4.78 is 7.55. The standard InChI is InChI=1S/C21H23N3OS/c1-3-4-8-14-24-19-13-7-5-6-12-18(22)20(19)23-21(24)26-17-11-9-10-16(15-17)25-2/h1,5,7,9-11,13,15H,4,6,8,12,14,22H2,2H3/b7-5+,19-13+,20-18-. The molecule has 1 aliphatic carbocycles. The SMILES string of the molecule is C#CCCCn1c(Sc2cccc(OC)c2)nc2/c1=C\C=C\CC\C=2N. The molecule has 0 bridgehead atoms. The zero-order valence-corrected chi connectivity index (χ0v) is 15.8. The van der Waals surface area contributed by atoms with Crippen LogP contribution in [0.25, 0.3) is 11.8 Å². The molecule has 0 saturated carbocycles. The number of unbranched alkanes of at least 4 members (excludes halogenated alkanes) is 1. The summed E-state index contributed by atoms with van der Waals surface area (Å²) in [5, 5.41) is 2.87. The van der Waals surface area contributed by atoms with Crippen LogP contribution in [0.5, 0.6) is 5.75 Å². The van der Waals surface area contributed by atoms with Gasteiger partial charge in [0.05, 0.1) is 12.5 Å². The predicted molar refractivity (Wildman–Crippen MR) is 107 cm³/mol. The lowest BCUT2D eigenvalue weighted by Gasteiger charge is -2.08. The lowest BCUT2D eigenvalue weighted by atomic mass is 10.2. The van der Waals surface area contributed by atoms with Crippen molar-refractivity contribution in [3.63, 3.8) is 0 Å². The Hall–Kier alpha value is -2.58. The number of hydrogen-bond donors (Lipinski definition) is 1. The van der Waals surface area contributed by atoms with E-state index in [-0.39, 0.29) is 0 Å². The minimum absolute atomic E-state index is 0.741. The number of terminal acetylenes is 1. The van der Waals surface area contributed by atoms with E-state index in [1.54, 1.807) is 18.9 Å². The normalized spacial score (nSPS) is 17.9. The van der Waals surface area contributed by atoms with E-state index in [0.29, 0.717) is 0 Å². The van der Waals surface area contributed by atoms with Crippen molar-refractivity contribution in [3.8, 4) is 18.1 Å². The van der Waals surface area contributed by atoms with Gasteiger partial charge in [-0.05, 0) is 43.5 Å². The summed E-state index contributed by atoms with van der Waals surface area (Å²) in [6.45, 7) is 0.816. The molecule has 5 heteroatoms. The Kier molecular flexibility index (Phi) is 6.08. The third kappa shape index (κ3) is 4.14. The highest BCUT2D eigenvalue weighted by Crippen LogP contribution is 2.28. The summed E-state index contributed by atoms with van der Waals surface area (Å²) in [4.78, 5) is 5.95. The molecule has 0 fully saturated rings. The van der Waals surface area contributed by atoms with Crippen molar-refractivity contribution in [2.45, 2.75) is 42.3 Å². The van der Waals surface area contributed by atoms with Gasteiger partial charge in [0.15, 0.2) is 5.16 Å². The molecular formula is C21H23N3OS. The van der Waals surface area contributed by atoms with Crippen LogP contribution in [0.3, 0.4) is 0 Å². The molecule has 1 aromatic heterocycles. The van der Waals surface area contributed by atoms with Crippen molar-refractivity contribution in [2.75, 3.05) is 7.11 Å². The van der Waals surface area contributed by atoms with Crippen molar-refractivity contribution in [3.05, 3.63) is 47.1 Å². The Balaban J connectivity index is 2.07. The smallest absolute Gasteiger partial charge is 0.173 e. The van der Waals surface area contributed by atoms with Gasteiger partial charge in [-0.1, -0.05) is 30.0 Å². The molecule has 3 rings (SSSR count). The highest BCUT2D eigenvalue weighted by molar-refractivity contribution is 7.99. The highest BCUT2D eigenvalue weighted by atomic mass is 32.2. The molecule has 134 valence electrons. The number of allylic oxidation sites excluding steroid dienone is 2. The summed E-state index contributed by atoms with van der Waals surface area (Å²) in [5.74, 6) is 3.55. The van der Waals surface area contributed by atoms with Crippen LogP contribution in [0.4, 0.5) is 0 Å². The average molecular weight is 366 g/mol. The van der Waals surface area contributed by atoms with E-state index in [2.05, 4.69) is 34.8 Å². The molecule has 2 aromatic rings.